The summed E-state index contributed by atoms with van der Waals surface area (Å²) in [5.74, 6) is 0.0989. The monoisotopic (exact) mass is 354 g/mol. The summed E-state index contributed by atoms with van der Waals surface area (Å²) in [5.41, 5.74) is 1.46. The van der Waals surface area contributed by atoms with E-state index in [1.165, 1.54) is 6.20 Å². The highest BCUT2D eigenvalue weighted by atomic mass is 35.5. The molecule has 0 saturated heterocycles. The van der Waals surface area contributed by atoms with E-state index in [-0.39, 0.29) is 5.75 Å². The summed E-state index contributed by atoms with van der Waals surface area (Å²) in [6.45, 7) is 1.76. The molecule has 0 aliphatic heterocycles. The number of pyridine rings is 1. The van der Waals surface area contributed by atoms with E-state index in [2.05, 4.69) is 4.98 Å². The molecule has 0 aliphatic rings. The Morgan fingerprint density at radius 2 is 1.96 bits per heavy atom. The molecule has 3 rings (SSSR count). The number of phenols is 1. The van der Waals surface area contributed by atoms with Crippen molar-refractivity contribution < 1.29 is 18.3 Å². The minimum Gasteiger partial charge on any atom is -0.507 e. The van der Waals surface area contributed by atoms with Crippen LogP contribution < -0.4 is 0 Å². The highest BCUT2D eigenvalue weighted by molar-refractivity contribution is 6.31. The molecule has 0 fully saturated rings. The van der Waals surface area contributed by atoms with Gasteiger partial charge in [-0.15, -0.1) is 0 Å². The molecule has 7 heteroatoms. The Bertz CT molecular complexity index is 932. The van der Waals surface area contributed by atoms with E-state index in [4.69, 9.17) is 11.6 Å². The van der Waals surface area contributed by atoms with Crippen molar-refractivity contribution in [1.82, 2.24) is 9.55 Å². The van der Waals surface area contributed by atoms with Crippen molar-refractivity contribution in [2.45, 2.75) is 19.5 Å². The molecule has 1 N–H and O–H groups in total. The van der Waals surface area contributed by atoms with Gasteiger partial charge in [-0.05, 0) is 30.7 Å². The average Bonchev–Trinajstić information content (AvgIpc) is 2.83. The van der Waals surface area contributed by atoms with Gasteiger partial charge in [0.15, 0.2) is 0 Å². The first-order chi connectivity index (χ1) is 11.2. The van der Waals surface area contributed by atoms with Crippen LogP contribution in [0.15, 0.2) is 30.5 Å². The number of fused-ring (bicyclic) bond motifs is 1. The van der Waals surface area contributed by atoms with Crippen LogP contribution in [0.3, 0.4) is 0 Å². The normalized spacial score (nSPS) is 12.1. The number of hydrogen-bond donors (Lipinski definition) is 1. The fourth-order valence-corrected chi connectivity index (χ4v) is 2.91. The number of hydrogen-bond acceptors (Lipinski definition) is 2. The van der Waals surface area contributed by atoms with Gasteiger partial charge in [-0.25, -0.2) is 0 Å². The SMILES string of the molecule is Cc1ccc(Cl)c(Cc2cc3cnc(C(F)(F)F)cc3n2C)c1O. The molecule has 0 saturated carbocycles. The summed E-state index contributed by atoms with van der Waals surface area (Å²) < 4.78 is 40.1. The predicted octanol–water partition coefficient (Wildman–Crippen LogP) is 4.85. The van der Waals surface area contributed by atoms with Crippen LogP contribution >= 0.6 is 11.6 Å². The molecular weight excluding hydrogens is 341 g/mol. The van der Waals surface area contributed by atoms with Gasteiger partial charge in [0.2, 0.25) is 0 Å². The Morgan fingerprint density at radius 3 is 2.62 bits per heavy atom. The van der Waals surface area contributed by atoms with Gasteiger partial charge in [-0.1, -0.05) is 17.7 Å². The Labute approximate surface area is 141 Å². The third-order valence-corrected chi connectivity index (χ3v) is 4.46. The van der Waals surface area contributed by atoms with Crippen LogP contribution in [0.1, 0.15) is 22.5 Å². The van der Waals surface area contributed by atoms with Crippen molar-refractivity contribution in [2.24, 2.45) is 7.05 Å². The van der Waals surface area contributed by atoms with Crippen LogP contribution in [0.2, 0.25) is 5.02 Å². The van der Waals surface area contributed by atoms with E-state index >= 15 is 0 Å². The molecule has 24 heavy (non-hydrogen) atoms. The fraction of sp³-hybridized carbons (Fsp3) is 0.235. The standard InChI is InChI=1S/C17H14ClF3N2O/c1-9-3-4-13(18)12(16(9)24)6-11-5-10-8-22-15(17(19,20)21)7-14(10)23(11)2/h3-5,7-8,24H,6H2,1-2H3. The second kappa shape index (κ2) is 5.70. The van der Waals surface area contributed by atoms with Crippen molar-refractivity contribution >= 4 is 22.5 Å². The van der Waals surface area contributed by atoms with Crippen molar-refractivity contribution in [3.05, 3.63) is 58.0 Å². The third-order valence-electron chi connectivity index (χ3n) is 4.10. The molecule has 0 spiro atoms. The molecule has 0 atom stereocenters. The molecule has 3 aromatic rings. The molecule has 126 valence electrons. The topological polar surface area (TPSA) is 38.0 Å². The lowest BCUT2D eigenvalue weighted by molar-refractivity contribution is -0.141. The summed E-state index contributed by atoms with van der Waals surface area (Å²) in [6.07, 6.45) is -2.98. The molecule has 0 bridgehead atoms. The Kier molecular flexibility index (Phi) is 3.95. The zero-order valence-corrected chi connectivity index (χ0v) is 13.7. The van der Waals surface area contributed by atoms with E-state index in [0.29, 0.717) is 33.5 Å². The van der Waals surface area contributed by atoms with E-state index in [9.17, 15) is 18.3 Å². The lowest BCUT2D eigenvalue weighted by Gasteiger charge is -2.11. The van der Waals surface area contributed by atoms with Crippen LogP contribution in [0, 0.1) is 6.92 Å². The minimum absolute atomic E-state index is 0.0989. The van der Waals surface area contributed by atoms with Crippen LogP contribution in [-0.2, 0) is 19.6 Å². The number of rotatable bonds is 2. The largest absolute Gasteiger partial charge is 0.507 e. The minimum atomic E-state index is -4.49. The van der Waals surface area contributed by atoms with Crippen LogP contribution in [0.5, 0.6) is 5.75 Å². The van der Waals surface area contributed by atoms with Crippen LogP contribution in [-0.4, -0.2) is 14.7 Å². The number of benzene rings is 1. The molecular formula is C17H14ClF3N2O. The lowest BCUT2D eigenvalue weighted by atomic mass is 10.0. The highest BCUT2D eigenvalue weighted by Crippen LogP contribution is 2.34. The molecule has 0 amide bonds. The van der Waals surface area contributed by atoms with Gasteiger partial charge in [0.05, 0.1) is 5.52 Å². The van der Waals surface area contributed by atoms with Gasteiger partial charge in [0.25, 0.3) is 0 Å². The first-order valence-electron chi connectivity index (χ1n) is 7.17. The van der Waals surface area contributed by atoms with Gasteiger partial charge in [-0.3, -0.25) is 4.98 Å². The number of phenolic OH excluding ortho intramolecular Hbond substituents is 1. The number of aromatic hydroxyl groups is 1. The molecule has 2 aromatic heterocycles. The van der Waals surface area contributed by atoms with Gasteiger partial charge in [-0.2, -0.15) is 13.2 Å². The average molecular weight is 355 g/mol. The maximum Gasteiger partial charge on any atom is 0.433 e. The summed E-state index contributed by atoms with van der Waals surface area (Å²) in [5, 5.41) is 11.2. The van der Waals surface area contributed by atoms with E-state index < -0.39 is 11.9 Å². The summed E-state index contributed by atoms with van der Waals surface area (Å²) in [4.78, 5) is 3.48. The van der Waals surface area contributed by atoms with Crippen molar-refractivity contribution in [2.75, 3.05) is 0 Å². The third kappa shape index (κ3) is 2.82. The number of aromatic nitrogens is 2. The zero-order valence-electron chi connectivity index (χ0n) is 12.9. The maximum absolute atomic E-state index is 12.8. The quantitative estimate of drug-likeness (QED) is 0.714. The number of nitrogens with zero attached hydrogens (tertiary/aromatic N) is 2. The Morgan fingerprint density at radius 1 is 1.25 bits per heavy atom. The Balaban J connectivity index is 2.09. The molecule has 0 aliphatic carbocycles. The summed E-state index contributed by atoms with van der Waals surface area (Å²) >= 11 is 6.16. The number of alkyl halides is 3. The molecule has 0 radical (unpaired) electrons. The predicted molar refractivity (Wildman–Crippen MR) is 86.4 cm³/mol. The number of halogens is 4. The van der Waals surface area contributed by atoms with E-state index in [1.54, 1.807) is 36.7 Å². The lowest BCUT2D eigenvalue weighted by Crippen LogP contribution is -2.07. The fourth-order valence-electron chi connectivity index (χ4n) is 2.69. The van der Waals surface area contributed by atoms with Gasteiger partial charge in [0.1, 0.15) is 11.4 Å². The van der Waals surface area contributed by atoms with Crippen molar-refractivity contribution in [3.63, 3.8) is 0 Å². The van der Waals surface area contributed by atoms with Crippen LogP contribution in [0.4, 0.5) is 13.2 Å². The zero-order chi connectivity index (χ0) is 17.6. The van der Waals surface area contributed by atoms with Gasteiger partial charge in [0, 0.05) is 41.3 Å². The summed E-state index contributed by atoms with van der Waals surface area (Å²) in [6, 6.07) is 6.18. The maximum atomic E-state index is 12.8. The van der Waals surface area contributed by atoms with E-state index in [0.717, 1.165) is 11.8 Å². The smallest absolute Gasteiger partial charge is 0.433 e. The second-order valence-corrected chi connectivity index (χ2v) is 6.10. The second-order valence-electron chi connectivity index (χ2n) is 5.69. The molecule has 0 unspecified atom stereocenters. The van der Waals surface area contributed by atoms with Crippen LogP contribution in [0.25, 0.3) is 10.9 Å². The van der Waals surface area contributed by atoms with E-state index in [1.807, 2.05) is 0 Å². The van der Waals surface area contributed by atoms with Gasteiger partial charge < -0.3 is 9.67 Å². The van der Waals surface area contributed by atoms with Crippen molar-refractivity contribution in [1.29, 1.82) is 0 Å². The first kappa shape index (κ1) is 16.6. The Hall–Kier alpha value is -2.21. The van der Waals surface area contributed by atoms with Gasteiger partial charge >= 0.3 is 6.18 Å². The highest BCUT2D eigenvalue weighted by Gasteiger charge is 2.32. The molecule has 1 aromatic carbocycles. The van der Waals surface area contributed by atoms with Crippen molar-refractivity contribution in [3.8, 4) is 5.75 Å². The molecule has 3 nitrogen and oxygen atoms in total. The molecule has 2 heterocycles. The first-order valence-corrected chi connectivity index (χ1v) is 7.54. The summed E-state index contributed by atoms with van der Waals surface area (Å²) in [7, 11) is 1.68. The number of aryl methyl sites for hydroxylation is 2.